The molecule has 0 saturated heterocycles. The average Bonchev–Trinajstić information content (AvgIpc) is 2.45. The molecule has 0 spiro atoms. The molecular formula is C17H23N3O3. The molecule has 0 aliphatic rings. The Hall–Kier alpha value is -2.63. The molecule has 1 rings (SSSR count). The van der Waals surface area contributed by atoms with Gasteiger partial charge in [-0.2, -0.15) is 0 Å². The van der Waals surface area contributed by atoms with Crippen LogP contribution in [0.5, 0.6) is 0 Å². The quantitative estimate of drug-likeness (QED) is 0.614. The highest BCUT2D eigenvalue weighted by atomic mass is 16.2. The van der Waals surface area contributed by atoms with Gasteiger partial charge in [0.25, 0.3) is 0 Å². The zero-order valence-corrected chi connectivity index (χ0v) is 13.5. The van der Waals surface area contributed by atoms with Gasteiger partial charge in [0.15, 0.2) is 0 Å². The van der Waals surface area contributed by atoms with E-state index in [4.69, 9.17) is 5.73 Å². The highest BCUT2D eigenvalue weighted by Gasteiger charge is 2.25. The molecule has 4 N–H and O–H groups in total. The van der Waals surface area contributed by atoms with Crippen molar-refractivity contribution in [2.24, 2.45) is 5.73 Å². The van der Waals surface area contributed by atoms with Crippen molar-refractivity contribution in [1.29, 1.82) is 0 Å². The van der Waals surface area contributed by atoms with E-state index >= 15 is 0 Å². The van der Waals surface area contributed by atoms with E-state index in [9.17, 15) is 14.4 Å². The summed E-state index contributed by atoms with van der Waals surface area (Å²) in [6, 6.07) is 7.68. The summed E-state index contributed by atoms with van der Waals surface area (Å²) in [5, 5.41) is 5.18. The van der Waals surface area contributed by atoms with Gasteiger partial charge in [-0.15, -0.1) is 6.58 Å². The number of rotatable bonds is 8. The summed E-state index contributed by atoms with van der Waals surface area (Å²) in [7, 11) is 0. The van der Waals surface area contributed by atoms with Crippen molar-refractivity contribution < 1.29 is 14.4 Å². The van der Waals surface area contributed by atoms with E-state index in [-0.39, 0.29) is 12.3 Å². The monoisotopic (exact) mass is 317 g/mol. The molecule has 0 aliphatic heterocycles. The van der Waals surface area contributed by atoms with Crippen LogP contribution in [0, 0.1) is 0 Å². The first-order chi connectivity index (χ1) is 10.8. The first-order valence-electron chi connectivity index (χ1n) is 7.34. The maximum Gasteiger partial charge on any atom is 0.243 e. The number of hydrogen-bond donors (Lipinski definition) is 3. The molecule has 6 heteroatoms. The topological polar surface area (TPSA) is 101 Å². The van der Waals surface area contributed by atoms with E-state index in [1.165, 1.54) is 6.92 Å². The van der Waals surface area contributed by atoms with Crippen molar-refractivity contribution in [1.82, 2.24) is 10.6 Å². The van der Waals surface area contributed by atoms with Crippen molar-refractivity contribution in [2.75, 3.05) is 0 Å². The molecule has 0 saturated carbocycles. The van der Waals surface area contributed by atoms with E-state index in [0.29, 0.717) is 6.42 Å². The lowest BCUT2D eigenvalue weighted by Crippen LogP contribution is -2.53. The van der Waals surface area contributed by atoms with Gasteiger partial charge < -0.3 is 16.4 Å². The summed E-state index contributed by atoms with van der Waals surface area (Å²) in [5.74, 6) is -1.41. The van der Waals surface area contributed by atoms with Gasteiger partial charge in [-0.05, 0) is 18.9 Å². The summed E-state index contributed by atoms with van der Waals surface area (Å²) >= 11 is 0. The fourth-order valence-electron chi connectivity index (χ4n) is 2.15. The Morgan fingerprint density at radius 2 is 1.70 bits per heavy atom. The lowest BCUT2D eigenvalue weighted by atomic mass is 10.0. The summed E-state index contributed by atoms with van der Waals surface area (Å²) in [6.45, 7) is 6.80. The van der Waals surface area contributed by atoms with E-state index in [2.05, 4.69) is 17.2 Å². The summed E-state index contributed by atoms with van der Waals surface area (Å²) in [6.07, 6.45) is 0.587. The Bertz CT molecular complexity index is 584. The van der Waals surface area contributed by atoms with Crippen LogP contribution >= 0.6 is 0 Å². The highest BCUT2D eigenvalue weighted by Crippen LogP contribution is 2.06. The average molecular weight is 317 g/mol. The third-order valence-corrected chi connectivity index (χ3v) is 3.19. The zero-order chi connectivity index (χ0) is 17.4. The number of nitrogens with two attached hydrogens (primary N) is 1. The molecule has 0 aliphatic carbocycles. The molecule has 0 heterocycles. The first-order valence-corrected chi connectivity index (χ1v) is 7.34. The highest BCUT2D eigenvalue weighted by molar-refractivity contribution is 5.91. The molecule has 0 fully saturated rings. The van der Waals surface area contributed by atoms with Crippen LogP contribution in [0.3, 0.4) is 0 Å². The van der Waals surface area contributed by atoms with Crippen molar-refractivity contribution in [2.45, 2.75) is 38.8 Å². The van der Waals surface area contributed by atoms with Crippen LogP contribution in [0.25, 0.3) is 0 Å². The van der Waals surface area contributed by atoms with Crippen LogP contribution < -0.4 is 16.4 Å². The number of benzene rings is 1. The Labute approximate surface area is 136 Å². The Morgan fingerprint density at radius 1 is 1.09 bits per heavy atom. The number of carbonyl (C=O) groups is 3. The standard InChI is InChI=1S/C17H23N3O3/c1-11(2)9-14(16(18)22)20-17(23)15(19-12(3)21)10-13-7-5-4-6-8-13/h4-8,14-15H,1,9-10H2,2-3H3,(H2,18,22)(H,19,21)(H,20,23)/t14-,15-/m0/s1. The SMILES string of the molecule is C=C(C)C[C@H](NC(=O)[C@H](Cc1ccccc1)NC(C)=O)C(N)=O. The number of amides is 3. The number of nitrogens with one attached hydrogen (secondary N) is 2. The number of hydrogen-bond acceptors (Lipinski definition) is 3. The van der Waals surface area contributed by atoms with Gasteiger partial charge in [-0.3, -0.25) is 14.4 Å². The molecule has 124 valence electrons. The van der Waals surface area contributed by atoms with E-state index in [1.54, 1.807) is 6.92 Å². The van der Waals surface area contributed by atoms with E-state index in [1.807, 2.05) is 30.3 Å². The second-order valence-corrected chi connectivity index (χ2v) is 5.57. The molecule has 0 radical (unpaired) electrons. The van der Waals surface area contributed by atoms with Crippen LogP contribution in [0.15, 0.2) is 42.5 Å². The smallest absolute Gasteiger partial charge is 0.243 e. The summed E-state index contributed by atoms with van der Waals surface area (Å²) in [5.41, 5.74) is 6.93. The molecule has 1 aromatic rings. The van der Waals surface area contributed by atoms with Crippen molar-refractivity contribution in [3.63, 3.8) is 0 Å². The Kier molecular flexibility index (Phi) is 6.99. The van der Waals surface area contributed by atoms with Gasteiger partial charge in [-0.25, -0.2) is 0 Å². The third kappa shape index (κ3) is 6.78. The van der Waals surface area contributed by atoms with Crippen LogP contribution in [-0.4, -0.2) is 29.8 Å². The predicted molar refractivity (Wildman–Crippen MR) is 88.3 cm³/mol. The normalized spacial score (nSPS) is 12.8. The van der Waals surface area contributed by atoms with Crippen molar-refractivity contribution in [3.05, 3.63) is 48.0 Å². The fraction of sp³-hybridized carbons (Fsp3) is 0.353. The fourth-order valence-corrected chi connectivity index (χ4v) is 2.15. The second-order valence-electron chi connectivity index (χ2n) is 5.57. The minimum absolute atomic E-state index is 0.263. The maximum atomic E-state index is 12.4. The number of carbonyl (C=O) groups excluding carboxylic acids is 3. The molecule has 0 unspecified atom stereocenters. The van der Waals surface area contributed by atoms with Gasteiger partial charge in [-0.1, -0.05) is 35.9 Å². The zero-order valence-electron chi connectivity index (χ0n) is 13.5. The third-order valence-electron chi connectivity index (χ3n) is 3.19. The molecule has 0 aromatic heterocycles. The molecule has 2 atom stereocenters. The van der Waals surface area contributed by atoms with Crippen LogP contribution in [0.2, 0.25) is 0 Å². The molecule has 3 amide bonds. The lowest BCUT2D eigenvalue weighted by molar-refractivity contribution is -0.130. The van der Waals surface area contributed by atoms with E-state index in [0.717, 1.165) is 11.1 Å². The van der Waals surface area contributed by atoms with Gasteiger partial charge >= 0.3 is 0 Å². The number of primary amides is 1. The molecule has 23 heavy (non-hydrogen) atoms. The van der Waals surface area contributed by atoms with Crippen LogP contribution in [0.4, 0.5) is 0 Å². The lowest BCUT2D eigenvalue weighted by Gasteiger charge is -2.21. The van der Waals surface area contributed by atoms with Crippen LogP contribution in [-0.2, 0) is 20.8 Å². The Balaban J connectivity index is 2.83. The van der Waals surface area contributed by atoms with Crippen molar-refractivity contribution in [3.8, 4) is 0 Å². The van der Waals surface area contributed by atoms with Gasteiger partial charge in [0.1, 0.15) is 12.1 Å². The molecule has 1 aromatic carbocycles. The second kappa shape index (κ2) is 8.73. The maximum absolute atomic E-state index is 12.4. The van der Waals surface area contributed by atoms with Gasteiger partial charge in [0.2, 0.25) is 17.7 Å². The molecular weight excluding hydrogens is 294 g/mol. The minimum atomic E-state index is -0.841. The van der Waals surface area contributed by atoms with Crippen LogP contribution in [0.1, 0.15) is 25.8 Å². The first kappa shape index (κ1) is 18.4. The molecule has 6 nitrogen and oxygen atoms in total. The summed E-state index contributed by atoms with van der Waals surface area (Å²) in [4.78, 5) is 35.2. The Morgan fingerprint density at radius 3 is 2.17 bits per heavy atom. The van der Waals surface area contributed by atoms with Gasteiger partial charge in [0, 0.05) is 13.3 Å². The van der Waals surface area contributed by atoms with Gasteiger partial charge in [0.05, 0.1) is 0 Å². The predicted octanol–water partition coefficient (Wildman–Crippen LogP) is 0.670. The van der Waals surface area contributed by atoms with Crippen molar-refractivity contribution >= 4 is 17.7 Å². The largest absolute Gasteiger partial charge is 0.368 e. The van der Waals surface area contributed by atoms with E-state index < -0.39 is 23.9 Å². The summed E-state index contributed by atoms with van der Waals surface area (Å²) < 4.78 is 0. The molecule has 0 bridgehead atoms. The minimum Gasteiger partial charge on any atom is -0.368 e.